The van der Waals surface area contributed by atoms with Gasteiger partial charge >= 0.3 is 0 Å². The molecule has 98 valence electrons. The Bertz CT molecular complexity index is 537. The second-order valence-electron chi connectivity index (χ2n) is 4.28. The summed E-state index contributed by atoms with van der Waals surface area (Å²) in [5.41, 5.74) is 1.81. The first-order valence-electron chi connectivity index (χ1n) is 5.96. The zero-order chi connectivity index (χ0) is 13.1. The fraction of sp³-hybridized carbons (Fsp3) is 0.462. The van der Waals surface area contributed by atoms with Gasteiger partial charge in [-0.25, -0.2) is 4.98 Å². The summed E-state index contributed by atoms with van der Waals surface area (Å²) in [5.74, 6) is 0.670. The maximum Gasteiger partial charge on any atom is 0.138 e. The van der Waals surface area contributed by atoms with Gasteiger partial charge in [-0.3, -0.25) is 0 Å². The minimum Gasteiger partial charge on any atom is -0.385 e. The molecule has 0 bridgehead atoms. The molecule has 0 aliphatic carbocycles. The third-order valence-corrected chi connectivity index (χ3v) is 3.08. The molecule has 5 heteroatoms. The van der Waals surface area contributed by atoms with Crippen molar-refractivity contribution in [1.82, 2.24) is 9.55 Å². The molecule has 0 unspecified atom stereocenters. The van der Waals surface area contributed by atoms with E-state index in [1.165, 1.54) is 0 Å². The largest absolute Gasteiger partial charge is 0.385 e. The number of benzene rings is 1. The molecule has 0 saturated carbocycles. The molecule has 0 aliphatic heterocycles. The van der Waals surface area contributed by atoms with Crippen molar-refractivity contribution in [2.45, 2.75) is 26.0 Å². The number of hydrogen-bond donors (Lipinski definition) is 1. The number of aliphatic hydroxyl groups excluding tert-OH is 1. The summed E-state index contributed by atoms with van der Waals surface area (Å²) in [6, 6.07) is 5.59. The van der Waals surface area contributed by atoms with Crippen molar-refractivity contribution in [1.29, 1.82) is 0 Å². The number of aromatic nitrogens is 2. The molecule has 1 atom stereocenters. The van der Waals surface area contributed by atoms with Crippen molar-refractivity contribution in [2.24, 2.45) is 0 Å². The van der Waals surface area contributed by atoms with Gasteiger partial charge in [0.25, 0.3) is 0 Å². The number of imidazole rings is 1. The molecule has 1 N–H and O–H groups in total. The molecular formula is C13H17ClN2O2. The van der Waals surface area contributed by atoms with Crippen LogP contribution >= 0.6 is 11.6 Å². The molecule has 2 rings (SSSR count). The van der Waals surface area contributed by atoms with E-state index in [1.54, 1.807) is 14.0 Å². The number of fused-ring (bicyclic) bond motifs is 1. The van der Waals surface area contributed by atoms with Gasteiger partial charge < -0.3 is 14.4 Å². The lowest BCUT2D eigenvalue weighted by Gasteiger charge is -2.10. The number of nitrogens with zero attached hydrogens (tertiary/aromatic N) is 2. The quantitative estimate of drug-likeness (QED) is 0.849. The maximum atomic E-state index is 9.78. The van der Waals surface area contributed by atoms with E-state index in [9.17, 15) is 5.11 Å². The number of aryl methyl sites for hydroxylation is 1. The van der Waals surface area contributed by atoms with Crippen LogP contribution in [0.25, 0.3) is 11.0 Å². The number of ether oxygens (including phenoxy) is 1. The van der Waals surface area contributed by atoms with Gasteiger partial charge in [-0.05, 0) is 31.5 Å². The third kappa shape index (κ3) is 2.66. The normalized spacial score (nSPS) is 13.1. The van der Waals surface area contributed by atoms with Crippen molar-refractivity contribution in [3.05, 3.63) is 29.0 Å². The Labute approximate surface area is 111 Å². The Balaban J connectivity index is 2.42. The molecule has 1 aromatic heterocycles. The number of halogens is 1. The Morgan fingerprint density at radius 1 is 1.50 bits per heavy atom. The molecule has 2 aromatic rings. The second-order valence-corrected chi connectivity index (χ2v) is 4.71. The standard InChI is InChI=1S/C13H17ClN2O2/c1-9(17)13-15-11-8-10(14)4-5-12(11)16(13)6-3-7-18-2/h4-5,8-9,17H,3,6-7H2,1-2H3/t9-/m0/s1. The lowest BCUT2D eigenvalue weighted by molar-refractivity contribution is 0.175. The average molecular weight is 269 g/mol. The van der Waals surface area contributed by atoms with Gasteiger partial charge in [0.1, 0.15) is 11.9 Å². The average Bonchev–Trinajstić information content (AvgIpc) is 2.68. The molecular weight excluding hydrogens is 252 g/mol. The predicted molar refractivity (Wildman–Crippen MR) is 71.9 cm³/mol. The van der Waals surface area contributed by atoms with Crippen molar-refractivity contribution < 1.29 is 9.84 Å². The van der Waals surface area contributed by atoms with Crippen molar-refractivity contribution in [3.8, 4) is 0 Å². The van der Waals surface area contributed by atoms with Crippen LogP contribution in [0.1, 0.15) is 25.3 Å². The van der Waals surface area contributed by atoms with E-state index in [4.69, 9.17) is 16.3 Å². The van der Waals surface area contributed by atoms with Crippen LogP contribution in [-0.4, -0.2) is 28.4 Å². The number of rotatable bonds is 5. The zero-order valence-corrected chi connectivity index (χ0v) is 11.3. The van der Waals surface area contributed by atoms with Crippen LogP contribution in [0.2, 0.25) is 5.02 Å². The molecule has 1 aromatic carbocycles. The molecule has 18 heavy (non-hydrogen) atoms. The first-order valence-corrected chi connectivity index (χ1v) is 6.34. The van der Waals surface area contributed by atoms with Gasteiger partial charge in [-0.15, -0.1) is 0 Å². The number of aliphatic hydroxyl groups is 1. The third-order valence-electron chi connectivity index (χ3n) is 2.84. The van der Waals surface area contributed by atoms with Crippen LogP contribution in [0, 0.1) is 0 Å². The molecule has 0 aliphatic rings. The smallest absolute Gasteiger partial charge is 0.138 e. The first kappa shape index (κ1) is 13.3. The van der Waals surface area contributed by atoms with Crippen LogP contribution in [0.3, 0.4) is 0 Å². The topological polar surface area (TPSA) is 47.3 Å². The lowest BCUT2D eigenvalue weighted by atomic mass is 10.3. The van der Waals surface area contributed by atoms with E-state index in [0.29, 0.717) is 17.5 Å². The van der Waals surface area contributed by atoms with Gasteiger partial charge in [-0.1, -0.05) is 11.6 Å². The Morgan fingerprint density at radius 3 is 2.94 bits per heavy atom. The highest BCUT2D eigenvalue weighted by atomic mass is 35.5. The highest BCUT2D eigenvalue weighted by Gasteiger charge is 2.14. The predicted octanol–water partition coefficient (Wildman–Crippen LogP) is 2.78. The maximum absolute atomic E-state index is 9.78. The fourth-order valence-electron chi connectivity index (χ4n) is 2.04. The van der Waals surface area contributed by atoms with Gasteiger partial charge in [0.15, 0.2) is 0 Å². The van der Waals surface area contributed by atoms with E-state index in [-0.39, 0.29) is 0 Å². The van der Waals surface area contributed by atoms with Crippen LogP contribution in [0.15, 0.2) is 18.2 Å². The summed E-state index contributed by atoms with van der Waals surface area (Å²) in [4.78, 5) is 4.44. The number of hydrogen-bond acceptors (Lipinski definition) is 3. The Hall–Kier alpha value is -1.10. The Morgan fingerprint density at radius 2 is 2.28 bits per heavy atom. The summed E-state index contributed by atoms with van der Waals surface area (Å²) in [6.45, 7) is 3.17. The van der Waals surface area contributed by atoms with Crippen LogP contribution < -0.4 is 0 Å². The molecule has 0 saturated heterocycles. The van der Waals surface area contributed by atoms with E-state index < -0.39 is 6.10 Å². The van der Waals surface area contributed by atoms with E-state index in [1.807, 2.05) is 22.8 Å². The SMILES string of the molecule is COCCCn1c([C@H](C)O)nc2cc(Cl)ccc21. The monoisotopic (exact) mass is 268 g/mol. The summed E-state index contributed by atoms with van der Waals surface area (Å²) < 4.78 is 7.08. The van der Waals surface area contributed by atoms with E-state index in [2.05, 4.69) is 4.98 Å². The van der Waals surface area contributed by atoms with Crippen molar-refractivity contribution in [3.63, 3.8) is 0 Å². The summed E-state index contributed by atoms with van der Waals surface area (Å²) >= 11 is 5.95. The molecule has 0 radical (unpaired) electrons. The van der Waals surface area contributed by atoms with E-state index in [0.717, 1.165) is 24.0 Å². The number of methoxy groups -OCH3 is 1. The minimum absolute atomic E-state index is 0.598. The molecule has 0 spiro atoms. The lowest BCUT2D eigenvalue weighted by Crippen LogP contribution is -2.08. The highest BCUT2D eigenvalue weighted by molar-refractivity contribution is 6.31. The van der Waals surface area contributed by atoms with Crippen molar-refractivity contribution in [2.75, 3.05) is 13.7 Å². The summed E-state index contributed by atoms with van der Waals surface area (Å²) in [5, 5.41) is 10.4. The van der Waals surface area contributed by atoms with Gasteiger partial charge in [-0.2, -0.15) is 0 Å². The van der Waals surface area contributed by atoms with Gasteiger partial charge in [0.05, 0.1) is 11.0 Å². The van der Waals surface area contributed by atoms with Crippen LogP contribution in [-0.2, 0) is 11.3 Å². The summed E-state index contributed by atoms with van der Waals surface area (Å²) in [6.07, 6.45) is 0.281. The fourth-order valence-corrected chi connectivity index (χ4v) is 2.21. The van der Waals surface area contributed by atoms with Gasteiger partial charge in [0, 0.05) is 25.3 Å². The van der Waals surface area contributed by atoms with Crippen LogP contribution in [0.5, 0.6) is 0 Å². The molecule has 0 amide bonds. The van der Waals surface area contributed by atoms with Crippen molar-refractivity contribution >= 4 is 22.6 Å². The molecule has 4 nitrogen and oxygen atoms in total. The second kappa shape index (κ2) is 5.69. The first-order chi connectivity index (χ1) is 8.63. The molecule has 0 fully saturated rings. The van der Waals surface area contributed by atoms with Crippen LogP contribution in [0.4, 0.5) is 0 Å². The zero-order valence-electron chi connectivity index (χ0n) is 10.6. The molecule has 1 heterocycles. The minimum atomic E-state index is -0.598. The summed E-state index contributed by atoms with van der Waals surface area (Å²) in [7, 11) is 1.68. The van der Waals surface area contributed by atoms with E-state index >= 15 is 0 Å². The highest BCUT2D eigenvalue weighted by Crippen LogP contribution is 2.24. The Kier molecular flexibility index (Phi) is 4.22. The van der Waals surface area contributed by atoms with Gasteiger partial charge in [0.2, 0.25) is 0 Å².